The average Bonchev–Trinajstić information content (AvgIpc) is 2.87. The molecule has 0 spiro atoms. The molecule has 3 aromatic carbocycles. The Labute approximate surface area is 205 Å². The minimum absolute atomic E-state index is 0.0273. The van der Waals surface area contributed by atoms with Crippen molar-refractivity contribution in [3.05, 3.63) is 106 Å². The van der Waals surface area contributed by atoms with E-state index < -0.39 is 5.97 Å². The SMILES string of the molecule is COC(=O)c1cccc(C(CC#N)N[C@@H](C)[C@@H](Cc2ccc(Cl)cc2)c2cccc(C#N)c2)c1. The van der Waals surface area contributed by atoms with Gasteiger partial charge in [-0.05, 0) is 66.4 Å². The Hall–Kier alpha value is -3.64. The maximum Gasteiger partial charge on any atom is 0.337 e. The van der Waals surface area contributed by atoms with E-state index in [2.05, 4.69) is 24.4 Å². The molecule has 0 radical (unpaired) electrons. The van der Waals surface area contributed by atoms with Crippen LogP contribution in [0.25, 0.3) is 0 Å². The molecule has 6 heteroatoms. The first-order valence-electron chi connectivity index (χ1n) is 11.0. The van der Waals surface area contributed by atoms with Crippen LogP contribution in [0, 0.1) is 22.7 Å². The normalized spacial score (nSPS) is 13.2. The second-order valence-corrected chi connectivity index (χ2v) is 8.60. The molecule has 0 aliphatic rings. The van der Waals surface area contributed by atoms with E-state index in [0.717, 1.165) is 23.1 Å². The zero-order chi connectivity index (χ0) is 24.5. The van der Waals surface area contributed by atoms with E-state index in [0.29, 0.717) is 16.1 Å². The number of esters is 1. The Morgan fingerprint density at radius 1 is 1.03 bits per heavy atom. The molecule has 3 atom stereocenters. The number of ether oxygens (including phenoxy) is 1. The van der Waals surface area contributed by atoms with Crippen LogP contribution in [0.2, 0.25) is 5.02 Å². The maximum absolute atomic E-state index is 12.0. The molecule has 0 aliphatic heterocycles. The monoisotopic (exact) mass is 471 g/mol. The van der Waals surface area contributed by atoms with Crippen molar-refractivity contribution in [2.24, 2.45) is 0 Å². The number of nitrogens with zero attached hydrogens (tertiary/aromatic N) is 2. The van der Waals surface area contributed by atoms with E-state index in [1.807, 2.05) is 48.5 Å². The summed E-state index contributed by atoms with van der Waals surface area (Å²) in [5.74, 6) is -0.390. The summed E-state index contributed by atoms with van der Waals surface area (Å²) in [4.78, 5) is 12.0. The highest BCUT2D eigenvalue weighted by molar-refractivity contribution is 6.30. The van der Waals surface area contributed by atoms with Gasteiger partial charge in [-0.3, -0.25) is 0 Å². The van der Waals surface area contributed by atoms with Crippen molar-refractivity contribution in [3.63, 3.8) is 0 Å². The number of nitrogens with one attached hydrogen (secondary N) is 1. The van der Waals surface area contributed by atoms with Crippen LogP contribution in [0.1, 0.15) is 57.9 Å². The molecule has 0 heterocycles. The van der Waals surface area contributed by atoms with Gasteiger partial charge >= 0.3 is 5.97 Å². The van der Waals surface area contributed by atoms with Gasteiger partial charge in [0.2, 0.25) is 0 Å². The van der Waals surface area contributed by atoms with Crippen LogP contribution in [-0.4, -0.2) is 19.1 Å². The van der Waals surface area contributed by atoms with Gasteiger partial charge in [-0.2, -0.15) is 10.5 Å². The van der Waals surface area contributed by atoms with Crippen molar-refractivity contribution < 1.29 is 9.53 Å². The zero-order valence-electron chi connectivity index (χ0n) is 19.2. The number of carbonyl (C=O) groups is 1. The molecule has 0 bridgehead atoms. The Bertz CT molecular complexity index is 1210. The van der Waals surface area contributed by atoms with Crippen molar-refractivity contribution in [2.75, 3.05) is 7.11 Å². The molecule has 1 unspecified atom stereocenters. The third kappa shape index (κ3) is 6.45. The fourth-order valence-electron chi connectivity index (χ4n) is 4.09. The molecular weight excluding hydrogens is 446 g/mol. The van der Waals surface area contributed by atoms with Crippen molar-refractivity contribution in [2.45, 2.75) is 37.8 Å². The topological polar surface area (TPSA) is 85.9 Å². The summed E-state index contributed by atoms with van der Waals surface area (Å²) in [6.45, 7) is 2.08. The molecule has 0 amide bonds. The maximum atomic E-state index is 12.0. The highest BCUT2D eigenvalue weighted by Gasteiger charge is 2.24. The number of methoxy groups -OCH3 is 1. The van der Waals surface area contributed by atoms with Crippen LogP contribution in [0.4, 0.5) is 0 Å². The van der Waals surface area contributed by atoms with Crippen molar-refractivity contribution in [3.8, 4) is 12.1 Å². The fourth-order valence-corrected chi connectivity index (χ4v) is 4.22. The Balaban J connectivity index is 1.92. The second kappa shape index (κ2) is 12.0. The fraction of sp³-hybridized carbons (Fsp3) is 0.250. The molecule has 0 saturated heterocycles. The number of benzene rings is 3. The van der Waals surface area contributed by atoms with Gasteiger partial charge in [0.1, 0.15) is 0 Å². The summed E-state index contributed by atoms with van der Waals surface area (Å²) in [5, 5.41) is 23.2. The molecule has 0 aromatic heterocycles. The van der Waals surface area contributed by atoms with Crippen LogP contribution in [0.15, 0.2) is 72.8 Å². The van der Waals surface area contributed by atoms with Crippen molar-refractivity contribution >= 4 is 17.6 Å². The van der Waals surface area contributed by atoms with E-state index >= 15 is 0 Å². The lowest BCUT2D eigenvalue weighted by atomic mass is 9.85. The lowest BCUT2D eigenvalue weighted by Gasteiger charge is -2.30. The molecule has 1 N–H and O–H groups in total. The molecular formula is C28H26ClN3O2. The van der Waals surface area contributed by atoms with E-state index in [-0.39, 0.29) is 24.4 Å². The van der Waals surface area contributed by atoms with Gasteiger partial charge in [0.15, 0.2) is 0 Å². The highest BCUT2D eigenvalue weighted by atomic mass is 35.5. The first-order valence-corrected chi connectivity index (χ1v) is 11.4. The van der Waals surface area contributed by atoms with Gasteiger partial charge in [0.25, 0.3) is 0 Å². The van der Waals surface area contributed by atoms with E-state index in [1.54, 1.807) is 24.3 Å². The average molecular weight is 472 g/mol. The summed E-state index contributed by atoms with van der Waals surface area (Å²) >= 11 is 6.07. The summed E-state index contributed by atoms with van der Waals surface area (Å²) in [5.41, 5.74) is 4.04. The lowest BCUT2D eigenvalue weighted by molar-refractivity contribution is 0.0600. The Kier molecular flexibility index (Phi) is 8.82. The predicted molar refractivity (Wildman–Crippen MR) is 132 cm³/mol. The zero-order valence-corrected chi connectivity index (χ0v) is 19.9. The number of hydrogen-bond donors (Lipinski definition) is 1. The quantitative estimate of drug-likeness (QED) is 0.389. The minimum Gasteiger partial charge on any atom is -0.465 e. The first-order chi connectivity index (χ1) is 16.4. The van der Waals surface area contributed by atoms with Crippen LogP contribution in [0.3, 0.4) is 0 Å². The molecule has 3 aromatic rings. The van der Waals surface area contributed by atoms with Gasteiger partial charge in [0, 0.05) is 23.0 Å². The Morgan fingerprint density at radius 3 is 2.41 bits per heavy atom. The van der Waals surface area contributed by atoms with Gasteiger partial charge < -0.3 is 10.1 Å². The molecule has 0 fully saturated rings. The summed E-state index contributed by atoms with van der Waals surface area (Å²) in [6, 6.07) is 26.6. The number of halogens is 1. The molecule has 5 nitrogen and oxygen atoms in total. The summed E-state index contributed by atoms with van der Waals surface area (Å²) in [6.07, 6.45) is 0.961. The third-order valence-corrected chi connectivity index (χ3v) is 6.14. The van der Waals surface area contributed by atoms with Crippen molar-refractivity contribution in [1.82, 2.24) is 5.32 Å². The van der Waals surface area contributed by atoms with E-state index in [1.165, 1.54) is 7.11 Å². The Morgan fingerprint density at radius 2 is 1.74 bits per heavy atom. The van der Waals surface area contributed by atoms with Crippen molar-refractivity contribution in [1.29, 1.82) is 10.5 Å². The highest BCUT2D eigenvalue weighted by Crippen LogP contribution is 2.29. The minimum atomic E-state index is -0.417. The molecule has 34 heavy (non-hydrogen) atoms. The van der Waals surface area contributed by atoms with E-state index in [4.69, 9.17) is 16.3 Å². The largest absolute Gasteiger partial charge is 0.465 e. The molecule has 3 rings (SSSR count). The summed E-state index contributed by atoms with van der Waals surface area (Å²) in [7, 11) is 1.35. The number of rotatable bonds is 9. The smallest absolute Gasteiger partial charge is 0.337 e. The van der Waals surface area contributed by atoms with Gasteiger partial charge in [-0.25, -0.2) is 4.79 Å². The second-order valence-electron chi connectivity index (χ2n) is 8.16. The first kappa shape index (κ1) is 25.0. The van der Waals surface area contributed by atoms with Gasteiger partial charge in [-0.1, -0.05) is 48.0 Å². The number of carbonyl (C=O) groups excluding carboxylic acids is 1. The third-order valence-electron chi connectivity index (χ3n) is 5.89. The summed E-state index contributed by atoms with van der Waals surface area (Å²) < 4.78 is 4.84. The molecule has 172 valence electrons. The van der Waals surface area contributed by atoms with Crippen LogP contribution >= 0.6 is 11.6 Å². The predicted octanol–water partition coefficient (Wildman–Crippen LogP) is 5.96. The lowest BCUT2D eigenvalue weighted by Crippen LogP contribution is -2.36. The van der Waals surface area contributed by atoms with Crippen LogP contribution < -0.4 is 5.32 Å². The van der Waals surface area contributed by atoms with E-state index in [9.17, 15) is 15.3 Å². The standard InChI is InChI=1S/C28H26ClN3O2/c1-19(32-27(13-14-30)23-7-4-8-24(17-23)28(33)34-2)26(16-20-9-11-25(29)12-10-20)22-6-3-5-21(15-22)18-31/h3-12,15,17,19,26-27,32H,13,16H2,1-2H3/t19-,26+,27?/m0/s1. The number of hydrogen-bond acceptors (Lipinski definition) is 5. The van der Waals surface area contributed by atoms with Crippen LogP contribution in [0.5, 0.6) is 0 Å². The molecule has 0 aliphatic carbocycles. The number of nitriles is 2. The molecule has 0 saturated carbocycles. The van der Waals surface area contributed by atoms with Crippen LogP contribution in [-0.2, 0) is 11.2 Å². The van der Waals surface area contributed by atoms with Gasteiger partial charge in [-0.15, -0.1) is 0 Å². The van der Waals surface area contributed by atoms with Gasteiger partial charge in [0.05, 0.1) is 36.8 Å².